The van der Waals surface area contributed by atoms with E-state index < -0.39 is 11.6 Å². The Morgan fingerprint density at radius 1 is 1.05 bits per heavy atom. The summed E-state index contributed by atoms with van der Waals surface area (Å²) in [5.74, 6) is -1.01. The molecule has 2 aliphatic rings. The maximum Gasteiger partial charge on any atom is 0.181 e. The van der Waals surface area contributed by atoms with Crippen LogP contribution in [-0.4, -0.2) is 18.6 Å². The normalized spacial score (nSPS) is 30.4. The maximum atomic E-state index is 13.8. The van der Waals surface area contributed by atoms with Crippen molar-refractivity contribution < 1.29 is 8.78 Å². The second-order valence-corrected chi connectivity index (χ2v) is 6.00. The third kappa shape index (κ3) is 2.80. The van der Waals surface area contributed by atoms with E-state index in [0.717, 1.165) is 25.5 Å². The van der Waals surface area contributed by atoms with Crippen molar-refractivity contribution in [3.05, 3.63) is 29.8 Å². The van der Waals surface area contributed by atoms with Gasteiger partial charge in [0.2, 0.25) is 0 Å². The molecule has 0 radical (unpaired) electrons. The molecular formula is C16H22F2N2. The van der Waals surface area contributed by atoms with E-state index in [9.17, 15) is 8.78 Å². The highest BCUT2D eigenvalue weighted by atomic mass is 19.2. The van der Waals surface area contributed by atoms with Crippen molar-refractivity contribution in [2.24, 2.45) is 5.92 Å². The molecule has 3 atom stereocenters. The average molecular weight is 280 g/mol. The van der Waals surface area contributed by atoms with E-state index in [1.807, 2.05) is 0 Å². The Morgan fingerprint density at radius 3 is 2.75 bits per heavy atom. The summed E-state index contributed by atoms with van der Waals surface area (Å²) in [6, 6.07) is 5.13. The number of benzene rings is 1. The van der Waals surface area contributed by atoms with Crippen molar-refractivity contribution in [3.63, 3.8) is 0 Å². The highest BCUT2D eigenvalue weighted by Gasteiger charge is 2.34. The summed E-state index contributed by atoms with van der Waals surface area (Å²) in [6.45, 7) is 1.09. The van der Waals surface area contributed by atoms with Crippen LogP contribution in [0, 0.1) is 17.6 Å². The van der Waals surface area contributed by atoms with Crippen LogP contribution in [0.2, 0.25) is 0 Å². The van der Waals surface area contributed by atoms with Crippen molar-refractivity contribution in [2.45, 2.75) is 50.6 Å². The molecule has 1 saturated carbocycles. The van der Waals surface area contributed by atoms with Gasteiger partial charge in [0.1, 0.15) is 0 Å². The van der Waals surface area contributed by atoms with Gasteiger partial charge in [-0.15, -0.1) is 0 Å². The molecule has 3 unspecified atom stereocenters. The van der Waals surface area contributed by atoms with Gasteiger partial charge >= 0.3 is 0 Å². The first-order chi connectivity index (χ1) is 9.75. The predicted molar refractivity (Wildman–Crippen MR) is 76.8 cm³/mol. The molecule has 1 heterocycles. The van der Waals surface area contributed by atoms with Crippen LogP contribution >= 0.6 is 0 Å². The monoisotopic (exact) mass is 280 g/mol. The highest BCUT2D eigenvalue weighted by molar-refractivity contribution is 5.46. The molecule has 4 heteroatoms. The van der Waals surface area contributed by atoms with Crippen LogP contribution in [0.4, 0.5) is 14.5 Å². The number of halogens is 2. The van der Waals surface area contributed by atoms with Gasteiger partial charge in [-0.25, -0.2) is 8.78 Å². The lowest BCUT2D eigenvalue weighted by Crippen LogP contribution is -2.44. The summed E-state index contributed by atoms with van der Waals surface area (Å²) in [4.78, 5) is 0. The number of nitrogens with one attached hydrogen (secondary N) is 2. The van der Waals surface area contributed by atoms with E-state index >= 15 is 0 Å². The fourth-order valence-electron chi connectivity index (χ4n) is 3.71. The molecule has 1 saturated heterocycles. The second kappa shape index (κ2) is 6.08. The SMILES string of the molecule is Fc1cccc(NC2CCCC2C2CCCCN2)c1F. The Hall–Kier alpha value is -1.16. The van der Waals surface area contributed by atoms with E-state index in [0.29, 0.717) is 17.6 Å². The van der Waals surface area contributed by atoms with E-state index in [1.54, 1.807) is 12.1 Å². The molecule has 2 fully saturated rings. The van der Waals surface area contributed by atoms with Crippen LogP contribution in [0.3, 0.4) is 0 Å². The zero-order valence-corrected chi connectivity index (χ0v) is 11.7. The smallest absolute Gasteiger partial charge is 0.181 e. The third-order valence-electron chi connectivity index (χ3n) is 4.73. The second-order valence-electron chi connectivity index (χ2n) is 6.00. The quantitative estimate of drug-likeness (QED) is 0.882. The van der Waals surface area contributed by atoms with Gasteiger partial charge in [0, 0.05) is 12.1 Å². The number of hydrogen-bond donors (Lipinski definition) is 2. The van der Waals surface area contributed by atoms with Crippen LogP contribution in [0.1, 0.15) is 38.5 Å². The molecule has 1 aromatic rings. The molecule has 3 rings (SSSR count). The molecule has 1 aliphatic carbocycles. The van der Waals surface area contributed by atoms with E-state index in [4.69, 9.17) is 0 Å². The fraction of sp³-hybridized carbons (Fsp3) is 0.625. The first kappa shape index (κ1) is 13.8. The summed E-state index contributed by atoms with van der Waals surface area (Å²) < 4.78 is 27.0. The molecule has 20 heavy (non-hydrogen) atoms. The van der Waals surface area contributed by atoms with Gasteiger partial charge in [0.05, 0.1) is 5.69 Å². The minimum atomic E-state index is -0.777. The number of piperidine rings is 1. The van der Waals surface area contributed by atoms with Crippen LogP contribution < -0.4 is 10.6 Å². The molecule has 110 valence electrons. The van der Waals surface area contributed by atoms with Crippen LogP contribution in [0.15, 0.2) is 18.2 Å². The number of rotatable bonds is 3. The molecule has 1 aromatic carbocycles. The van der Waals surface area contributed by atoms with Gasteiger partial charge in [-0.3, -0.25) is 0 Å². The summed E-state index contributed by atoms with van der Waals surface area (Å²) in [6.07, 6.45) is 7.10. The molecule has 0 spiro atoms. The highest BCUT2D eigenvalue weighted by Crippen LogP contribution is 2.34. The zero-order valence-electron chi connectivity index (χ0n) is 11.7. The zero-order chi connectivity index (χ0) is 13.9. The lowest BCUT2D eigenvalue weighted by Gasteiger charge is -2.33. The van der Waals surface area contributed by atoms with Gasteiger partial charge in [-0.05, 0) is 50.3 Å². The minimum Gasteiger partial charge on any atom is -0.380 e. The number of hydrogen-bond acceptors (Lipinski definition) is 2. The van der Waals surface area contributed by atoms with Crippen LogP contribution in [-0.2, 0) is 0 Å². The lowest BCUT2D eigenvalue weighted by atomic mass is 9.88. The van der Waals surface area contributed by atoms with Gasteiger partial charge in [0.15, 0.2) is 11.6 Å². The first-order valence-electron chi connectivity index (χ1n) is 7.69. The first-order valence-corrected chi connectivity index (χ1v) is 7.69. The Balaban J connectivity index is 1.70. The Labute approximate surface area is 118 Å². The van der Waals surface area contributed by atoms with E-state index in [2.05, 4.69) is 10.6 Å². The lowest BCUT2D eigenvalue weighted by molar-refractivity contribution is 0.286. The van der Waals surface area contributed by atoms with Gasteiger partial charge in [0.25, 0.3) is 0 Å². The molecule has 0 aromatic heterocycles. The van der Waals surface area contributed by atoms with Crippen molar-refractivity contribution in [2.75, 3.05) is 11.9 Å². The average Bonchev–Trinajstić information content (AvgIpc) is 2.93. The Morgan fingerprint density at radius 2 is 1.95 bits per heavy atom. The van der Waals surface area contributed by atoms with Crippen molar-refractivity contribution in [1.29, 1.82) is 0 Å². The standard InChI is InChI=1S/C16H22F2N2/c17-12-6-4-9-15(16(12)18)20-14-8-3-5-11(14)13-7-1-2-10-19-13/h4,6,9,11,13-14,19-20H,1-3,5,7-8,10H2. The molecule has 0 amide bonds. The Bertz CT molecular complexity index is 458. The fourth-order valence-corrected chi connectivity index (χ4v) is 3.71. The molecule has 1 aliphatic heterocycles. The van der Waals surface area contributed by atoms with Gasteiger partial charge < -0.3 is 10.6 Å². The Kier molecular flexibility index (Phi) is 4.20. The molecule has 0 bridgehead atoms. The number of anilines is 1. The minimum absolute atomic E-state index is 0.252. The molecule has 2 nitrogen and oxygen atoms in total. The summed E-state index contributed by atoms with van der Waals surface area (Å²) in [5.41, 5.74) is 0.303. The van der Waals surface area contributed by atoms with Gasteiger partial charge in [-0.2, -0.15) is 0 Å². The largest absolute Gasteiger partial charge is 0.380 e. The summed E-state index contributed by atoms with van der Waals surface area (Å²) >= 11 is 0. The summed E-state index contributed by atoms with van der Waals surface area (Å²) in [5, 5.41) is 6.84. The van der Waals surface area contributed by atoms with Crippen molar-refractivity contribution >= 4 is 5.69 Å². The predicted octanol–water partition coefficient (Wildman–Crippen LogP) is 3.69. The van der Waals surface area contributed by atoms with Crippen molar-refractivity contribution in [3.8, 4) is 0 Å². The summed E-state index contributed by atoms with van der Waals surface area (Å²) in [7, 11) is 0. The van der Waals surface area contributed by atoms with Crippen LogP contribution in [0.25, 0.3) is 0 Å². The van der Waals surface area contributed by atoms with Gasteiger partial charge in [-0.1, -0.05) is 18.9 Å². The maximum absolute atomic E-state index is 13.8. The van der Waals surface area contributed by atoms with E-state index in [-0.39, 0.29) is 6.04 Å². The topological polar surface area (TPSA) is 24.1 Å². The third-order valence-corrected chi connectivity index (χ3v) is 4.73. The molecule has 2 N–H and O–H groups in total. The van der Waals surface area contributed by atoms with E-state index in [1.165, 1.54) is 25.7 Å². The molecular weight excluding hydrogens is 258 g/mol. The van der Waals surface area contributed by atoms with Crippen molar-refractivity contribution in [1.82, 2.24) is 5.32 Å². The van der Waals surface area contributed by atoms with Crippen LogP contribution in [0.5, 0.6) is 0 Å².